The Balaban J connectivity index is 1.40. The van der Waals surface area contributed by atoms with E-state index in [1.807, 2.05) is 25.1 Å². The van der Waals surface area contributed by atoms with E-state index in [9.17, 15) is 0 Å². The third kappa shape index (κ3) is 4.33. The first-order valence-electron chi connectivity index (χ1n) is 11.3. The molecular weight excluding hydrogens is 418 g/mol. The highest BCUT2D eigenvalue weighted by Gasteiger charge is 2.46. The molecule has 0 unspecified atom stereocenters. The van der Waals surface area contributed by atoms with Crippen molar-refractivity contribution in [2.45, 2.75) is 19.5 Å². The molecule has 0 radical (unpaired) electrons. The summed E-state index contributed by atoms with van der Waals surface area (Å²) in [6, 6.07) is 16.6. The predicted molar refractivity (Wildman–Crippen MR) is 124 cm³/mol. The Morgan fingerprint density at radius 1 is 1.06 bits per heavy atom. The van der Waals surface area contributed by atoms with E-state index in [1.54, 1.807) is 20.4 Å². The van der Waals surface area contributed by atoms with E-state index in [1.165, 1.54) is 11.1 Å². The first kappa shape index (κ1) is 21.5. The number of nitrogens with zero attached hydrogens (tertiary/aromatic N) is 3. The summed E-state index contributed by atoms with van der Waals surface area (Å²) in [7, 11) is 3.33. The number of ether oxygens (including phenoxy) is 4. The molecule has 172 valence electrons. The van der Waals surface area contributed by atoms with Crippen LogP contribution in [0.3, 0.4) is 0 Å². The molecule has 0 saturated carbocycles. The summed E-state index contributed by atoms with van der Waals surface area (Å²) in [4.78, 5) is 11.1. The molecule has 0 amide bonds. The molecule has 3 atom stereocenters. The number of rotatable bonds is 7. The molecule has 7 heteroatoms. The van der Waals surface area contributed by atoms with Crippen molar-refractivity contribution < 1.29 is 18.9 Å². The summed E-state index contributed by atoms with van der Waals surface area (Å²) in [6.45, 7) is 4.85. The summed E-state index contributed by atoms with van der Waals surface area (Å²) in [5, 5.41) is 0. The summed E-state index contributed by atoms with van der Waals surface area (Å²) in [5.74, 6) is 4.45. The third-order valence-corrected chi connectivity index (χ3v) is 6.57. The van der Waals surface area contributed by atoms with E-state index in [2.05, 4.69) is 45.2 Å². The van der Waals surface area contributed by atoms with Crippen molar-refractivity contribution in [2.75, 3.05) is 34.0 Å². The van der Waals surface area contributed by atoms with Crippen LogP contribution >= 0.6 is 0 Å². The lowest BCUT2D eigenvalue weighted by Gasteiger charge is -2.34. The van der Waals surface area contributed by atoms with Gasteiger partial charge in [0.25, 0.3) is 0 Å². The highest BCUT2D eigenvalue weighted by molar-refractivity contribution is 5.43. The van der Waals surface area contributed by atoms with Crippen LogP contribution in [0.4, 0.5) is 0 Å². The van der Waals surface area contributed by atoms with Crippen molar-refractivity contribution in [1.29, 1.82) is 0 Å². The lowest BCUT2D eigenvalue weighted by Crippen LogP contribution is -2.32. The number of fused-ring (bicyclic) bond motifs is 3. The van der Waals surface area contributed by atoms with Gasteiger partial charge in [-0.05, 0) is 30.7 Å². The molecule has 33 heavy (non-hydrogen) atoms. The molecule has 2 aliphatic rings. The summed E-state index contributed by atoms with van der Waals surface area (Å²) >= 11 is 0. The van der Waals surface area contributed by atoms with Crippen LogP contribution in [0.5, 0.6) is 23.1 Å². The molecule has 2 aliphatic heterocycles. The predicted octanol–water partition coefficient (Wildman–Crippen LogP) is 4.06. The monoisotopic (exact) mass is 447 g/mol. The fourth-order valence-electron chi connectivity index (χ4n) is 5.04. The number of para-hydroxylation sites is 1. The van der Waals surface area contributed by atoms with Crippen molar-refractivity contribution >= 4 is 0 Å². The molecule has 0 aliphatic carbocycles. The molecule has 2 aromatic carbocycles. The second-order valence-electron chi connectivity index (χ2n) is 8.59. The topological polar surface area (TPSA) is 65.9 Å². The van der Waals surface area contributed by atoms with Crippen LogP contribution in [0.25, 0.3) is 0 Å². The molecule has 3 heterocycles. The molecule has 1 aromatic heterocycles. The molecule has 1 saturated heterocycles. The van der Waals surface area contributed by atoms with Gasteiger partial charge < -0.3 is 18.9 Å². The molecule has 7 nitrogen and oxygen atoms in total. The number of hydrogen-bond acceptors (Lipinski definition) is 7. The SMILES string of the molecule is COc1ccc(CN2C[C@@H](COc3ccnc(C)n3)[C@@H]3COc4ccccc4[C@@H]32)cc1OC. The maximum absolute atomic E-state index is 6.16. The standard InChI is InChI=1S/C26H29N3O4/c1-17-27-11-10-25(28-17)33-15-19-14-29(13-18-8-9-23(30-2)24(12-18)31-3)26-20-6-4-5-7-22(20)32-16-21(19)26/h4-12,19,21,26H,13-16H2,1-3H3/t19-,21-,26-/m0/s1. The van der Waals surface area contributed by atoms with Gasteiger partial charge in [0.1, 0.15) is 11.6 Å². The normalized spacial score (nSPS) is 21.6. The minimum Gasteiger partial charge on any atom is -0.493 e. The van der Waals surface area contributed by atoms with Gasteiger partial charge in [-0.15, -0.1) is 0 Å². The van der Waals surface area contributed by atoms with Crippen molar-refractivity contribution in [3.63, 3.8) is 0 Å². The van der Waals surface area contributed by atoms with Crippen LogP contribution < -0.4 is 18.9 Å². The minimum atomic E-state index is 0.267. The first-order valence-corrected chi connectivity index (χ1v) is 11.3. The minimum absolute atomic E-state index is 0.267. The van der Waals surface area contributed by atoms with Crippen molar-refractivity contribution in [3.05, 3.63) is 71.7 Å². The van der Waals surface area contributed by atoms with Gasteiger partial charge in [0.15, 0.2) is 11.5 Å². The quantitative estimate of drug-likeness (QED) is 0.541. The Bertz CT molecular complexity index is 1120. The molecule has 3 aromatic rings. The summed E-state index contributed by atoms with van der Waals surface area (Å²) in [6.07, 6.45) is 1.73. The molecule has 0 spiro atoms. The van der Waals surface area contributed by atoms with E-state index in [-0.39, 0.29) is 6.04 Å². The van der Waals surface area contributed by atoms with Crippen molar-refractivity contribution in [1.82, 2.24) is 14.9 Å². The number of likely N-dealkylation sites (tertiary alicyclic amines) is 1. The van der Waals surface area contributed by atoms with Gasteiger partial charge in [0.2, 0.25) is 5.88 Å². The van der Waals surface area contributed by atoms with Crippen molar-refractivity contribution in [2.24, 2.45) is 11.8 Å². The number of aromatic nitrogens is 2. The van der Waals surface area contributed by atoms with Gasteiger partial charge >= 0.3 is 0 Å². The van der Waals surface area contributed by atoms with Gasteiger partial charge in [0, 0.05) is 48.8 Å². The zero-order chi connectivity index (χ0) is 22.8. The second kappa shape index (κ2) is 9.27. The number of benzene rings is 2. The fourth-order valence-corrected chi connectivity index (χ4v) is 5.04. The van der Waals surface area contributed by atoms with Crippen LogP contribution in [-0.2, 0) is 6.54 Å². The van der Waals surface area contributed by atoms with Crippen molar-refractivity contribution in [3.8, 4) is 23.1 Å². The largest absolute Gasteiger partial charge is 0.493 e. The molecule has 1 fully saturated rings. The maximum atomic E-state index is 6.16. The highest BCUT2D eigenvalue weighted by atomic mass is 16.5. The van der Waals surface area contributed by atoms with Crippen LogP contribution in [0, 0.1) is 18.8 Å². The lowest BCUT2D eigenvalue weighted by molar-refractivity contribution is 0.121. The second-order valence-corrected chi connectivity index (χ2v) is 8.59. The van der Waals surface area contributed by atoms with Gasteiger partial charge in [-0.3, -0.25) is 4.90 Å². The van der Waals surface area contributed by atoms with Gasteiger partial charge in [-0.2, -0.15) is 4.98 Å². The number of methoxy groups -OCH3 is 2. The molecule has 0 N–H and O–H groups in total. The van der Waals surface area contributed by atoms with Gasteiger partial charge in [-0.25, -0.2) is 4.98 Å². The third-order valence-electron chi connectivity index (χ3n) is 6.57. The Morgan fingerprint density at radius 3 is 2.73 bits per heavy atom. The van der Waals surface area contributed by atoms with E-state index in [4.69, 9.17) is 18.9 Å². The Kier molecular flexibility index (Phi) is 6.05. The number of aryl methyl sites for hydroxylation is 1. The first-order chi connectivity index (χ1) is 16.2. The average molecular weight is 448 g/mol. The lowest BCUT2D eigenvalue weighted by atomic mass is 9.85. The van der Waals surface area contributed by atoms with Crippen LogP contribution in [0.1, 0.15) is 23.0 Å². The number of hydrogen-bond donors (Lipinski definition) is 0. The van der Waals surface area contributed by atoms with E-state index in [0.29, 0.717) is 36.8 Å². The Labute approximate surface area is 194 Å². The van der Waals surface area contributed by atoms with E-state index in [0.717, 1.165) is 30.3 Å². The average Bonchev–Trinajstić information content (AvgIpc) is 3.20. The maximum Gasteiger partial charge on any atom is 0.216 e. The molecular formula is C26H29N3O4. The van der Waals surface area contributed by atoms with Gasteiger partial charge in [-0.1, -0.05) is 24.3 Å². The Hall–Kier alpha value is -3.32. The smallest absolute Gasteiger partial charge is 0.216 e. The molecule has 0 bridgehead atoms. The van der Waals surface area contributed by atoms with E-state index >= 15 is 0 Å². The fraction of sp³-hybridized carbons (Fsp3) is 0.385. The highest BCUT2D eigenvalue weighted by Crippen LogP contribution is 2.48. The van der Waals surface area contributed by atoms with Gasteiger partial charge in [0.05, 0.1) is 27.4 Å². The van der Waals surface area contributed by atoms with Crippen LogP contribution in [-0.4, -0.2) is 48.8 Å². The zero-order valence-corrected chi connectivity index (χ0v) is 19.2. The molecule has 5 rings (SSSR count). The Morgan fingerprint density at radius 2 is 1.91 bits per heavy atom. The van der Waals surface area contributed by atoms with Crippen LogP contribution in [0.15, 0.2) is 54.7 Å². The summed E-state index contributed by atoms with van der Waals surface area (Å²) in [5.41, 5.74) is 2.43. The summed E-state index contributed by atoms with van der Waals surface area (Å²) < 4.78 is 23.2. The van der Waals surface area contributed by atoms with E-state index < -0.39 is 0 Å². The zero-order valence-electron chi connectivity index (χ0n) is 19.2. The van der Waals surface area contributed by atoms with Crippen LogP contribution in [0.2, 0.25) is 0 Å².